The van der Waals surface area contributed by atoms with Gasteiger partial charge >= 0.3 is 13.1 Å². The van der Waals surface area contributed by atoms with Gasteiger partial charge in [0.05, 0.1) is 84.4 Å². The number of carbonyl (C=O) groups is 6. The Hall–Kier alpha value is -8.60. The molecule has 3 aliphatic heterocycles. The average Bonchev–Trinajstić information content (AvgIpc) is 1.59. The molecule has 0 bridgehead atoms. The van der Waals surface area contributed by atoms with E-state index in [0.717, 1.165) is 0 Å². The number of carbonyl (C=O) groups excluding carboxylic acids is 5. The van der Waals surface area contributed by atoms with E-state index < -0.39 is 117 Å². The Bertz CT molecular complexity index is 4640. The van der Waals surface area contributed by atoms with Gasteiger partial charge in [-0.15, -0.1) is 0 Å². The first-order valence-corrected chi connectivity index (χ1v) is 40.7. The molecule has 1 fully saturated rings. The lowest BCUT2D eigenvalue weighted by Gasteiger charge is -2.27. The minimum absolute atomic E-state index is 0.0253. The molecule has 4 aliphatic rings. The first-order chi connectivity index (χ1) is 50.3. The summed E-state index contributed by atoms with van der Waals surface area (Å²) in [5, 5.41) is 39.4. The molecule has 11 N–H and O–H groups in total. The molecule has 4 heterocycles. The lowest BCUT2D eigenvalue weighted by atomic mass is 9.78. The van der Waals surface area contributed by atoms with Gasteiger partial charge in [0.15, 0.2) is 5.71 Å². The maximum absolute atomic E-state index is 13.1. The molecular formula is C70H90BN8O24S4+. The SMILES string of the molecule is CC1(C)C(/C=C/C2=C(Oc3ccc(C[C@@H](NC(=O)CCOCCOCCC(=O)NCC(=O)NCc4cc(C(=O)NCC(=O)N5CCC[C@@H]5B(O)O)ccn4)C(=O)O)cc3)C(=C/C=C3/N(CCCCS(=O)(=O)O)c4ccc(S(=O)(=O)O)cc4C3(C)C)/CCC2)=[N+](CCCCS(=O)(=O)O)c2ccc(S(=O)(=O)O)cc21. The first kappa shape index (κ1) is 84.0. The molecule has 3 aromatic carbocycles. The van der Waals surface area contributed by atoms with Gasteiger partial charge in [0.1, 0.15) is 24.1 Å². The number of nitrogens with zero attached hydrogens (tertiary/aromatic N) is 4. The molecule has 0 unspecified atom stereocenters. The number of hydrogen-bond donors (Lipinski definition) is 11. The summed E-state index contributed by atoms with van der Waals surface area (Å²) in [4.78, 5) is 82.6. The van der Waals surface area contributed by atoms with Gasteiger partial charge in [0.25, 0.3) is 46.4 Å². The zero-order valence-electron chi connectivity index (χ0n) is 59.5. The van der Waals surface area contributed by atoms with Crippen molar-refractivity contribution in [3.63, 3.8) is 0 Å². The van der Waals surface area contributed by atoms with Crippen molar-refractivity contribution in [3.05, 3.63) is 154 Å². The molecule has 5 amide bonds. The topological polar surface area (TPSA) is 479 Å². The predicted octanol–water partition coefficient (Wildman–Crippen LogP) is 4.06. The van der Waals surface area contributed by atoms with Crippen LogP contribution in [0.15, 0.2) is 136 Å². The molecule has 4 aromatic rings. The number of unbranched alkanes of at least 4 members (excludes halogenated alkanes) is 2. The number of rotatable bonds is 38. The third-order valence-electron chi connectivity index (χ3n) is 18.6. The van der Waals surface area contributed by atoms with Crippen LogP contribution in [0.2, 0.25) is 0 Å². The van der Waals surface area contributed by atoms with Crippen molar-refractivity contribution >= 4 is 100 Å². The Morgan fingerprint density at radius 1 is 0.692 bits per heavy atom. The number of benzene rings is 3. The molecule has 107 heavy (non-hydrogen) atoms. The summed E-state index contributed by atoms with van der Waals surface area (Å²) in [6, 6.07) is 16.4. The maximum atomic E-state index is 13.1. The van der Waals surface area contributed by atoms with Gasteiger partial charge in [0.2, 0.25) is 29.3 Å². The zero-order valence-corrected chi connectivity index (χ0v) is 62.8. The number of aromatic nitrogens is 1. The van der Waals surface area contributed by atoms with Crippen LogP contribution in [0.3, 0.4) is 0 Å². The number of amides is 5. The van der Waals surface area contributed by atoms with Gasteiger partial charge in [-0.25, -0.2) is 4.79 Å². The Labute approximate surface area is 621 Å². The molecule has 0 spiro atoms. The number of anilines is 1. The molecule has 1 aliphatic carbocycles. The minimum Gasteiger partial charge on any atom is -0.480 e. The van der Waals surface area contributed by atoms with Crippen molar-refractivity contribution in [2.45, 2.75) is 144 Å². The predicted molar refractivity (Wildman–Crippen MR) is 391 cm³/mol. The van der Waals surface area contributed by atoms with E-state index in [2.05, 4.69) is 26.3 Å². The first-order valence-electron chi connectivity index (χ1n) is 34.6. The van der Waals surface area contributed by atoms with Crippen molar-refractivity contribution in [3.8, 4) is 5.75 Å². The minimum atomic E-state index is -4.64. The fraction of sp³-hybridized carbons (Fsp3) is 0.457. The van der Waals surface area contributed by atoms with Crippen LogP contribution in [0.5, 0.6) is 5.75 Å². The van der Waals surface area contributed by atoms with Crippen LogP contribution >= 0.6 is 0 Å². The number of allylic oxidation sites excluding steroid dienone is 7. The summed E-state index contributed by atoms with van der Waals surface area (Å²) in [6.07, 6.45) is 11.6. The third kappa shape index (κ3) is 23.7. The van der Waals surface area contributed by atoms with Crippen LogP contribution in [-0.2, 0) is 97.7 Å². The molecule has 37 heteroatoms. The summed E-state index contributed by atoms with van der Waals surface area (Å²) < 4.78 is 156. The highest BCUT2D eigenvalue weighted by Crippen LogP contribution is 2.49. The summed E-state index contributed by atoms with van der Waals surface area (Å²) in [7, 11) is -19.5. The van der Waals surface area contributed by atoms with Crippen molar-refractivity contribution < 1.29 is 115 Å². The summed E-state index contributed by atoms with van der Waals surface area (Å²) in [5.74, 6) is -5.03. The molecule has 580 valence electrons. The van der Waals surface area contributed by atoms with Crippen molar-refractivity contribution in [2.75, 3.05) is 75.6 Å². The van der Waals surface area contributed by atoms with Crippen molar-refractivity contribution in [1.29, 1.82) is 0 Å². The monoisotopic (exact) mass is 1570 g/mol. The number of carboxylic acids is 1. The number of aliphatic carboxylic acids is 1. The molecule has 1 saturated heterocycles. The van der Waals surface area contributed by atoms with E-state index in [1.165, 1.54) is 47.5 Å². The second-order valence-corrected chi connectivity index (χ2v) is 33.1. The number of pyridine rings is 1. The van der Waals surface area contributed by atoms with Crippen molar-refractivity contribution in [2.24, 2.45) is 0 Å². The molecule has 32 nitrogen and oxygen atoms in total. The number of nitrogens with one attached hydrogen (secondary N) is 4. The summed E-state index contributed by atoms with van der Waals surface area (Å²) in [6.45, 7) is 7.40. The Morgan fingerprint density at radius 3 is 1.98 bits per heavy atom. The smallest absolute Gasteiger partial charge is 0.475 e. The molecule has 2 atom stereocenters. The van der Waals surface area contributed by atoms with Crippen LogP contribution in [0, 0.1) is 0 Å². The fourth-order valence-electron chi connectivity index (χ4n) is 13.1. The van der Waals surface area contributed by atoms with Gasteiger partial charge in [-0.1, -0.05) is 32.1 Å². The second kappa shape index (κ2) is 36.5. The largest absolute Gasteiger partial charge is 0.480 e. The highest BCUT2D eigenvalue weighted by molar-refractivity contribution is 7.86. The standard InChI is InChI=1S/C70H89BN8O24S4/c1-69(2)54-41-52(106(95,96)97)20-22-57(54)77(30-5-7-37-104(89,90)91)59(69)24-16-47-11-9-12-48(17-25-60-70(3,4)55-42-53(107(98,99)100)21-23-58(55)78(60)31-6-8-38-105(92,93)94)66(47)103-51-18-14-46(15-19-51)39-56(68(85)86)76-63(81)28-34-102-36-35-101-33-27-62(80)74-44-64(82)73-43-50-40-49(26-29-72-50)67(84)75-45-65(83)79-32-10-13-61(79)71(87)88/h14-26,29,40-42,56,61,87-88H,5-13,27-28,30-39,43-45H2,1-4H3,(H8-,73,74,75,76,80,81,82,84,85,86,89,90,91,92,93,94,95,96,97,98,99,100)/p+1/t56-,61-/m1/s1. The maximum Gasteiger partial charge on any atom is 0.475 e. The number of carboxylic acid groups (broad SMARTS) is 1. The average molecular weight is 1570 g/mol. The molecular weight excluding hydrogens is 1480 g/mol. The van der Waals surface area contributed by atoms with Gasteiger partial charge < -0.3 is 60.4 Å². The third-order valence-corrected chi connectivity index (χ3v) is 21.9. The Kier molecular flexibility index (Phi) is 28.7. The molecule has 8 rings (SSSR count). The number of likely N-dealkylation sites (tertiary alicyclic amines) is 1. The summed E-state index contributed by atoms with van der Waals surface area (Å²) in [5.41, 5.74) is 4.15. The van der Waals surface area contributed by atoms with Crippen LogP contribution in [0.1, 0.15) is 131 Å². The zero-order chi connectivity index (χ0) is 78.2. The van der Waals surface area contributed by atoms with Gasteiger partial charge in [-0.3, -0.25) is 47.2 Å². The van der Waals surface area contributed by atoms with Crippen LogP contribution in [0.25, 0.3) is 0 Å². The number of hydrogen-bond acceptors (Lipinski definition) is 21. The lowest BCUT2D eigenvalue weighted by Crippen LogP contribution is -2.48. The second-order valence-electron chi connectivity index (χ2n) is 27.1. The lowest BCUT2D eigenvalue weighted by molar-refractivity contribution is -0.438. The van der Waals surface area contributed by atoms with Crippen LogP contribution in [-0.4, -0.2) is 212 Å². The van der Waals surface area contributed by atoms with Gasteiger partial charge in [0, 0.05) is 85.0 Å². The van der Waals surface area contributed by atoms with Gasteiger partial charge in [-0.2, -0.15) is 38.2 Å². The molecule has 1 aromatic heterocycles. The highest BCUT2D eigenvalue weighted by atomic mass is 32.2. The van der Waals surface area contributed by atoms with Crippen LogP contribution < -0.4 is 30.9 Å². The number of fused-ring (bicyclic) bond motifs is 2. The molecule has 0 saturated carbocycles. The van der Waals surface area contributed by atoms with E-state index in [0.29, 0.717) is 106 Å². The van der Waals surface area contributed by atoms with E-state index in [1.807, 2.05) is 61.5 Å². The molecule has 0 radical (unpaired) electrons. The van der Waals surface area contributed by atoms with Crippen LogP contribution in [0.4, 0.5) is 11.4 Å². The van der Waals surface area contributed by atoms with E-state index in [9.17, 15) is 95.8 Å². The van der Waals surface area contributed by atoms with E-state index in [4.69, 9.17) is 14.2 Å². The van der Waals surface area contributed by atoms with E-state index >= 15 is 0 Å². The quantitative estimate of drug-likeness (QED) is 0.0130. The fourth-order valence-corrected chi connectivity index (χ4v) is 15.3. The Morgan fingerprint density at radius 2 is 1.34 bits per heavy atom. The van der Waals surface area contributed by atoms with E-state index in [-0.39, 0.29) is 119 Å². The Balaban J connectivity index is 0.891. The normalized spacial score (nSPS) is 17.5. The number of ether oxygens (including phenoxy) is 3. The van der Waals surface area contributed by atoms with Gasteiger partial charge in [-0.05, 0) is 154 Å². The summed E-state index contributed by atoms with van der Waals surface area (Å²) >= 11 is 0. The van der Waals surface area contributed by atoms with E-state index in [1.54, 1.807) is 36.4 Å². The highest BCUT2D eigenvalue weighted by Gasteiger charge is 2.46. The van der Waals surface area contributed by atoms with Crippen molar-refractivity contribution in [1.82, 2.24) is 31.2 Å².